The van der Waals surface area contributed by atoms with E-state index in [0.717, 1.165) is 22.8 Å². The van der Waals surface area contributed by atoms with Crippen LogP contribution in [-0.2, 0) is 35.3 Å². The Kier molecular flexibility index (Phi) is 8.56. The lowest BCUT2D eigenvalue weighted by Crippen LogP contribution is -2.64. The average Bonchev–Trinajstić information content (AvgIpc) is 2.95. The van der Waals surface area contributed by atoms with Crippen molar-refractivity contribution in [2.45, 2.75) is 31.5 Å². The molecule has 1 fully saturated rings. The maximum Gasteiger partial charge on any atom is 0.418 e. The number of benzene rings is 4. The fourth-order valence-corrected chi connectivity index (χ4v) is 4.62. The molecule has 1 heterocycles. The number of ether oxygens (including phenoxy) is 2. The van der Waals surface area contributed by atoms with Gasteiger partial charge in [-0.25, -0.2) is 4.79 Å². The number of anilines is 2. The number of carbonyl (C=O) groups excluding carboxylic acids is 1. The summed E-state index contributed by atoms with van der Waals surface area (Å²) < 4.78 is 51.4. The first-order chi connectivity index (χ1) is 19.8. The summed E-state index contributed by atoms with van der Waals surface area (Å²) >= 11 is 0. The van der Waals surface area contributed by atoms with Gasteiger partial charge in [-0.1, -0.05) is 84.9 Å². The molecule has 0 saturated carbocycles. The second-order valence-electron chi connectivity index (χ2n) is 9.87. The molecule has 41 heavy (non-hydrogen) atoms. The van der Waals surface area contributed by atoms with Crippen LogP contribution in [0.2, 0.25) is 0 Å². The summed E-state index contributed by atoms with van der Waals surface area (Å²) in [5.41, 5.74) is 1.75. The number of rotatable bonds is 10. The van der Waals surface area contributed by atoms with Crippen molar-refractivity contribution in [3.05, 3.63) is 131 Å². The van der Waals surface area contributed by atoms with E-state index < -0.39 is 23.6 Å². The van der Waals surface area contributed by atoms with E-state index in [1.807, 2.05) is 60.7 Å². The fourth-order valence-electron chi connectivity index (χ4n) is 4.62. The molecule has 5 rings (SSSR count). The number of carbonyl (C=O) groups is 1. The molecule has 2 N–H and O–H groups in total. The number of hydrogen-bond donors (Lipinski definition) is 2. The van der Waals surface area contributed by atoms with E-state index in [1.165, 1.54) is 12.1 Å². The van der Waals surface area contributed by atoms with Crippen molar-refractivity contribution in [3.8, 4) is 0 Å². The Morgan fingerprint density at radius 1 is 0.780 bits per heavy atom. The number of amides is 1. The number of para-hydroxylation sites is 1. The van der Waals surface area contributed by atoms with Crippen LogP contribution in [-0.4, -0.2) is 29.9 Å². The first-order valence-electron chi connectivity index (χ1n) is 13.2. The molecule has 9 heteroatoms. The molecule has 0 aliphatic carbocycles. The van der Waals surface area contributed by atoms with Crippen molar-refractivity contribution in [3.63, 3.8) is 0 Å². The first-order valence-corrected chi connectivity index (χ1v) is 13.2. The third kappa shape index (κ3) is 7.25. The van der Waals surface area contributed by atoms with Crippen molar-refractivity contribution in [2.75, 3.05) is 18.5 Å². The highest BCUT2D eigenvalue weighted by Gasteiger charge is 2.48. The molecular formula is C32H30F3N3O3. The second kappa shape index (κ2) is 12.4. The Labute approximate surface area is 236 Å². The van der Waals surface area contributed by atoms with Gasteiger partial charge >= 0.3 is 12.3 Å². The van der Waals surface area contributed by atoms with Crippen LogP contribution in [0.25, 0.3) is 0 Å². The summed E-state index contributed by atoms with van der Waals surface area (Å²) in [5, 5.41) is 5.61. The third-order valence-electron chi connectivity index (χ3n) is 6.85. The topological polar surface area (TPSA) is 62.8 Å². The van der Waals surface area contributed by atoms with Gasteiger partial charge in [-0.15, -0.1) is 0 Å². The molecule has 1 aliphatic rings. The van der Waals surface area contributed by atoms with Crippen molar-refractivity contribution in [1.82, 2.24) is 10.2 Å². The highest BCUT2D eigenvalue weighted by Crippen LogP contribution is 2.36. The van der Waals surface area contributed by atoms with E-state index in [4.69, 9.17) is 9.47 Å². The van der Waals surface area contributed by atoms with Crippen molar-refractivity contribution < 1.29 is 27.4 Å². The number of halogens is 3. The number of alkyl halides is 3. The Bertz CT molecular complexity index is 1390. The lowest BCUT2D eigenvalue weighted by atomic mass is 10.1. The average molecular weight is 562 g/mol. The Balaban J connectivity index is 1.22. The van der Waals surface area contributed by atoms with Gasteiger partial charge < -0.3 is 20.1 Å². The smallest absolute Gasteiger partial charge is 0.418 e. The summed E-state index contributed by atoms with van der Waals surface area (Å²) in [4.78, 5) is 15.1. The minimum absolute atomic E-state index is 0.0296. The Morgan fingerprint density at radius 3 is 1.88 bits per heavy atom. The predicted molar refractivity (Wildman–Crippen MR) is 150 cm³/mol. The molecule has 0 aromatic heterocycles. The Hall–Kier alpha value is -4.34. The first kappa shape index (κ1) is 28.2. The number of hydrogen-bond acceptors (Lipinski definition) is 5. The highest BCUT2D eigenvalue weighted by molar-refractivity contribution is 5.68. The summed E-state index contributed by atoms with van der Waals surface area (Å²) in [6.45, 7) is 1.82. The molecular weight excluding hydrogens is 531 g/mol. The lowest BCUT2D eigenvalue weighted by Gasteiger charge is -2.48. The van der Waals surface area contributed by atoms with Crippen LogP contribution in [0.5, 0.6) is 0 Å². The lowest BCUT2D eigenvalue weighted by molar-refractivity contribution is -0.261. The zero-order valence-electron chi connectivity index (χ0n) is 22.2. The normalized spacial score (nSPS) is 14.2. The minimum Gasteiger partial charge on any atom is -0.422 e. The molecule has 0 unspecified atom stereocenters. The summed E-state index contributed by atoms with van der Waals surface area (Å²) in [6, 6.07) is 32.1. The van der Waals surface area contributed by atoms with E-state index in [0.29, 0.717) is 18.8 Å². The maximum absolute atomic E-state index is 13.3. The zero-order chi connectivity index (χ0) is 28.7. The molecule has 0 spiro atoms. The van der Waals surface area contributed by atoms with E-state index in [2.05, 4.69) is 15.5 Å². The Morgan fingerprint density at radius 2 is 1.34 bits per heavy atom. The van der Waals surface area contributed by atoms with Gasteiger partial charge in [0.2, 0.25) is 5.72 Å². The number of nitrogens with one attached hydrogen (secondary N) is 2. The quantitative estimate of drug-likeness (QED) is 0.202. The monoisotopic (exact) mass is 561 g/mol. The van der Waals surface area contributed by atoms with Crippen molar-refractivity contribution >= 4 is 17.5 Å². The summed E-state index contributed by atoms with van der Waals surface area (Å²) in [6.07, 6.45) is -5.05. The van der Waals surface area contributed by atoms with Gasteiger partial charge in [0.15, 0.2) is 0 Å². The fraction of sp³-hybridized carbons (Fsp3) is 0.219. The van der Waals surface area contributed by atoms with Gasteiger partial charge in [-0.2, -0.15) is 13.2 Å². The second-order valence-corrected chi connectivity index (χ2v) is 9.87. The molecule has 212 valence electrons. The highest BCUT2D eigenvalue weighted by atomic mass is 19.4. The SMILES string of the molecule is O=C(NCc1ccc(Nc2ccccc2C(F)(F)F)cc1)OC1(N(Cc2ccccc2)Cc2ccccc2)COC1. The van der Waals surface area contributed by atoms with Crippen LogP contribution < -0.4 is 10.6 Å². The molecule has 0 bridgehead atoms. The molecule has 0 atom stereocenters. The predicted octanol–water partition coefficient (Wildman–Crippen LogP) is 7.10. The van der Waals surface area contributed by atoms with Crippen LogP contribution in [0.4, 0.5) is 29.3 Å². The molecule has 4 aromatic carbocycles. The van der Waals surface area contributed by atoms with E-state index in [1.54, 1.807) is 30.3 Å². The number of alkyl carbamates (subject to hydrolysis) is 1. The summed E-state index contributed by atoms with van der Waals surface area (Å²) in [7, 11) is 0. The van der Waals surface area contributed by atoms with Crippen LogP contribution in [0.15, 0.2) is 109 Å². The zero-order valence-corrected chi connectivity index (χ0v) is 22.2. The van der Waals surface area contributed by atoms with E-state index in [-0.39, 0.29) is 25.4 Å². The van der Waals surface area contributed by atoms with Gasteiger partial charge in [0.1, 0.15) is 13.2 Å². The van der Waals surface area contributed by atoms with Gasteiger partial charge in [0.25, 0.3) is 0 Å². The molecule has 1 saturated heterocycles. The summed E-state index contributed by atoms with van der Waals surface area (Å²) in [5.74, 6) is 0. The van der Waals surface area contributed by atoms with Crippen molar-refractivity contribution in [1.29, 1.82) is 0 Å². The van der Waals surface area contributed by atoms with E-state index in [9.17, 15) is 18.0 Å². The molecule has 4 aromatic rings. The standard InChI is InChI=1S/C32H30F3N3O3/c33-32(34,35)28-13-7-8-14-29(28)37-27-17-15-24(16-18-27)19-36-30(39)41-31(22-40-23-31)38(20-25-9-3-1-4-10-25)21-26-11-5-2-6-12-26/h1-18,37H,19-23H2,(H,36,39). The minimum atomic E-state index is -4.46. The van der Waals surface area contributed by atoms with Gasteiger partial charge in [-0.3, -0.25) is 4.90 Å². The van der Waals surface area contributed by atoms with E-state index >= 15 is 0 Å². The van der Waals surface area contributed by atoms with Gasteiger partial charge in [-0.05, 0) is 41.0 Å². The largest absolute Gasteiger partial charge is 0.422 e. The van der Waals surface area contributed by atoms with Crippen molar-refractivity contribution in [2.24, 2.45) is 0 Å². The maximum atomic E-state index is 13.3. The third-order valence-corrected chi connectivity index (χ3v) is 6.85. The van der Waals surface area contributed by atoms with Gasteiger partial charge in [0.05, 0.1) is 11.3 Å². The molecule has 1 aliphatic heterocycles. The van der Waals surface area contributed by atoms with Crippen LogP contribution in [0.3, 0.4) is 0 Å². The van der Waals surface area contributed by atoms with Crippen LogP contribution >= 0.6 is 0 Å². The van der Waals surface area contributed by atoms with Gasteiger partial charge in [0, 0.05) is 25.3 Å². The molecule has 1 amide bonds. The van der Waals surface area contributed by atoms with Crippen LogP contribution in [0.1, 0.15) is 22.3 Å². The molecule has 0 radical (unpaired) electrons. The number of nitrogens with zero attached hydrogens (tertiary/aromatic N) is 1. The molecule has 6 nitrogen and oxygen atoms in total. The van der Waals surface area contributed by atoms with Crippen LogP contribution in [0, 0.1) is 0 Å².